The number of fused-ring (bicyclic) bond motifs is 5. The van der Waals surface area contributed by atoms with Crippen LogP contribution < -0.4 is 0 Å². The molecule has 0 saturated heterocycles. The van der Waals surface area contributed by atoms with Crippen LogP contribution in [0.25, 0.3) is 0 Å². The van der Waals surface area contributed by atoms with Gasteiger partial charge in [-0.25, -0.2) is 0 Å². The monoisotopic (exact) mass is 462 g/mol. The molecule has 0 spiro atoms. The molecule has 0 amide bonds. The second-order valence-electron chi connectivity index (χ2n) is 12.8. The van der Waals surface area contributed by atoms with Gasteiger partial charge in [-0.05, 0) is 72.5 Å². The van der Waals surface area contributed by atoms with Crippen molar-refractivity contribution in [2.75, 3.05) is 6.61 Å². The van der Waals surface area contributed by atoms with E-state index in [1.165, 1.54) is 0 Å². The summed E-state index contributed by atoms with van der Waals surface area (Å²) in [7, 11) is 0. The molecule has 4 N–H and O–H groups in total. The van der Waals surface area contributed by atoms with Gasteiger partial charge in [0.1, 0.15) is 5.78 Å². The SMILES string of the molecule is CC(C)C(/C=C/C(C)[C@H]1CC(=O)[C@@H]2[C@H]3C(CC[C@]12C)[C@@]1(C)CC[C@H](O)CC1C(O)[C@@H]3O)CO. The van der Waals surface area contributed by atoms with E-state index in [0.717, 1.165) is 25.7 Å². The fraction of sp³-hybridized carbons (Fsp3) is 0.893. The highest BCUT2D eigenvalue weighted by atomic mass is 16.3. The Morgan fingerprint density at radius 3 is 2.27 bits per heavy atom. The number of carbonyl (C=O) groups is 1. The van der Waals surface area contributed by atoms with Gasteiger partial charge in [-0.15, -0.1) is 0 Å². The molecule has 5 nitrogen and oxygen atoms in total. The molecule has 0 aromatic rings. The molecule has 4 aliphatic carbocycles. The van der Waals surface area contributed by atoms with Crippen LogP contribution in [0.1, 0.15) is 73.1 Å². The molecule has 0 aromatic heterocycles. The third-order valence-electron chi connectivity index (χ3n) is 10.9. The molecular formula is C28H46O5. The topological polar surface area (TPSA) is 98.0 Å². The molecule has 12 atom stereocenters. The molecule has 0 bridgehead atoms. The molecule has 0 aliphatic heterocycles. The lowest BCUT2D eigenvalue weighted by Crippen LogP contribution is -2.64. The number of hydrogen-bond acceptors (Lipinski definition) is 5. The van der Waals surface area contributed by atoms with Crippen molar-refractivity contribution in [3.8, 4) is 0 Å². The molecule has 4 fully saturated rings. The molecule has 0 heterocycles. The third-order valence-corrected chi connectivity index (χ3v) is 10.9. The van der Waals surface area contributed by atoms with Crippen LogP contribution in [0.4, 0.5) is 0 Å². The van der Waals surface area contributed by atoms with Gasteiger partial charge in [-0.3, -0.25) is 4.79 Å². The van der Waals surface area contributed by atoms with Crippen molar-refractivity contribution in [3.63, 3.8) is 0 Å². The third kappa shape index (κ3) is 3.95. The summed E-state index contributed by atoms with van der Waals surface area (Å²) in [5.41, 5.74) is -0.327. The minimum absolute atomic E-state index is 0.109. The largest absolute Gasteiger partial charge is 0.396 e. The zero-order valence-corrected chi connectivity index (χ0v) is 21.2. The maximum Gasteiger partial charge on any atom is 0.137 e. The molecule has 4 rings (SSSR count). The molecule has 4 saturated carbocycles. The number of allylic oxidation sites excluding steroid dienone is 1. The van der Waals surface area contributed by atoms with Crippen LogP contribution in [0.15, 0.2) is 12.2 Å². The molecule has 4 aliphatic rings. The first-order chi connectivity index (χ1) is 15.5. The smallest absolute Gasteiger partial charge is 0.137 e. The van der Waals surface area contributed by atoms with Crippen molar-refractivity contribution < 1.29 is 25.2 Å². The van der Waals surface area contributed by atoms with E-state index in [9.17, 15) is 25.2 Å². The molecular weight excluding hydrogens is 416 g/mol. The van der Waals surface area contributed by atoms with Gasteiger partial charge in [-0.1, -0.05) is 46.8 Å². The zero-order valence-electron chi connectivity index (χ0n) is 21.2. The van der Waals surface area contributed by atoms with Crippen molar-refractivity contribution in [2.45, 2.75) is 91.5 Å². The fourth-order valence-corrected chi connectivity index (χ4v) is 8.80. The van der Waals surface area contributed by atoms with Crippen LogP contribution in [0, 0.1) is 58.2 Å². The maximum absolute atomic E-state index is 13.6. The summed E-state index contributed by atoms with van der Waals surface area (Å²) in [4.78, 5) is 13.6. The van der Waals surface area contributed by atoms with Gasteiger partial charge in [0.25, 0.3) is 0 Å². The summed E-state index contributed by atoms with van der Waals surface area (Å²) in [6.07, 6.45) is 6.72. The van der Waals surface area contributed by atoms with E-state index >= 15 is 0 Å². The molecule has 5 unspecified atom stereocenters. The Kier molecular flexibility index (Phi) is 6.94. The Morgan fingerprint density at radius 2 is 1.64 bits per heavy atom. The van der Waals surface area contributed by atoms with Gasteiger partial charge in [0.2, 0.25) is 0 Å². The van der Waals surface area contributed by atoms with E-state index in [4.69, 9.17) is 0 Å². The van der Waals surface area contributed by atoms with Gasteiger partial charge in [0.05, 0.1) is 18.3 Å². The van der Waals surface area contributed by atoms with Crippen LogP contribution in [0.3, 0.4) is 0 Å². The first kappa shape index (κ1) is 25.3. The quantitative estimate of drug-likeness (QED) is 0.468. The average Bonchev–Trinajstić information content (AvgIpc) is 3.04. The number of carbonyl (C=O) groups excluding carboxylic acids is 1. The average molecular weight is 463 g/mol. The molecule has 0 radical (unpaired) electrons. The minimum Gasteiger partial charge on any atom is -0.396 e. The standard InChI is InChI=1S/C28H46O5/c1-15(2)17(14-29)7-6-16(3)20-13-22(31)24-23-19(9-11-28(20,24)5)27(4)10-8-18(30)12-21(27)25(32)26(23)33/h6-7,15-21,23-26,29-30,32-33H,8-14H2,1-5H3/b7-6+/t16?,17?,18-,19?,20+,21?,23+,24+,25?,26+,27+,28+/m0/s1. The summed E-state index contributed by atoms with van der Waals surface area (Å²) in [6.45, 7) is 11.0. The Bertz CT molecular complexity index is 763. The lowest BCUT2D eigenvalue weighted by atomic mass is 9.43. The van der Waals surface area contributed by atoms with Crippen LogP contribution in [-0.4, -0.2) is 51.1 Å². The Balaban J connectivity index is 1.62. The molecule has 188 valence electrons. The van der Waals surface area contributed by atoms with Crippen molar-refractivity contribution in [1.29, 1.82) is 0 Å². The molecule has 33 heavy (non-hydrogen) atoms. The van der Waals surface area contributed by atoms with E-state index < -0.39 is 18.3 Å². The van der Waals surface area contributed by atoms with E-state index in [-0.39, 0.29) is 64.6 Å². The summed E-state index contributed by atoms with van der Waals surface area (Å²) < 4.78 is 0. The number of ketones is 1. The highest BCUT2D eigenvalue weighted by molar-refractivity contribution is 5.85. The number of rotatable bonds is 5. The van der Waals surface area contributed by atoms with Crippen molar-refractivity contribution in [2.24, 2.45) is 58.2 Å². The number of hydrogen-bond donors (Lipinski definition) is 4. The number of aliphatic hydroxyl groups excluding tert-OH is 4. The van der Waals surface area contributed by atoms with Gasteiger partial charge in [0, 0.05) is 30.8 Å². The van der Waals surface area contributed by atoms with E-state index in [1.54, 1.807) is 0 Å². The summed E-state index contributed by atoms with van der Waals surface area (Å²) in [5.74, 6) is 0.844. The van der Waals surface area contributed by atoms with Crippen LogP contribution >= 0.6 is 0 Å². The first-order valence-corrected chi connectivity index (χ1v) is 13.3. The van der Waals surface area contributed by atoms with E-state index in [2.05, 4.69) is 46.8 Å². The highest BCUT2D eigenvalue weighted by Gasteiger charge is 2.67. The second kappa shape index (κ2) is 9.04. The van der Waals surface area contributed by atoms with Crippen molar-refractivity contribution in [1.82, 2.24) is 0 Å². The maximum atomic E-state index is 13.6. The van der Waals surface area contributed by atoms with Gasteiger partial charge >= 0.3 is 0 Å². The van der Waals surface area contributed by atoms with Crippen molar-refractivity contribution in [3.05, 3.63) is 12.2 Å². The van der Waals surface area contributed by atoms with Crippen LogP contribution in [0.2, 0.25) is 0 Å². The Hall–Kier alpha value is -0.750. The highest BCUT2D eigenvalue weighted by Crippen LogP contribution is 2.67. The molecule has 5 heteroatoms. The van der Waals surface area contributed by atoms with Crippen LogP contribution in [0.5, 0.6) is 0 Å². The Labute approximate surface area is 199 Å². The predicted molar refractivity (Wildman–Crippen MR) is 128 cm³/mol. The van der Waals surface area contributed by atoms with Gasteiger partial charge in [0.15, 0.2) is 0 Å². The lowest BCUT2D eigenvalue weighted by Gasteiger charge is -2.63. The number of aliphatic hydroxyl groups is 4. The second-order valence-corrected chi connectivity index (χ2v) is 12.8. The first-order valence-electron chi connectivity index (χ1n) is 13.3. The van der Waals surface area contributed by atoms with Crippen molar-refractivity contribution >= 4 is 5.78 Å². The number of Topliss-reactive ketones (excluding diaryl/α,β-unsaturated/α-hetero) is 1. The fourth-order valence-electron chi connectivity index (χ4n) is 8.80. The summed E-state index contributed by atoms with van der Waals surface area (Å²) in [6, 6.07) is 0. The lowest BCUT2D eigenvalue weighted by molar-refractivity contribution is -0.221. The van der Waals surface area contributed by atoms with Gasteiger partial charge in [-0.2, -0.15) is 0 Å². The van der Waals surface area contributed by atoms with E-state index in [0.29, 0.717) is 18.8 Å². The van der Waals surface area contributed by atoms with E-state index in [1.807, 2.05) is 0 Å². The molecule has 0 aromatic carbocycles. The predicted octanol–water partition coefficient (Wildman–Crippen LogP) is 3.58. The van der Waals surface area contributed by atoms with Crippen LogP contribution in [-0.2, 0) is 4.79 Å². The summed E-state index contributed by atoms with van der Waals surface area (Å²) in [5, 5.41) is 42.5. The zero-order chi connectivity index (χ0) is 24.3. The Morgan fingerprint density at radius 1 is 0.970 bits per heavy atom. The normalized spacial score (nSPS) is 49.6. The van der Waals surface area contributed by atoms with Gasteiger partial charge < -0.3 is 20.4 Å². The summed E-state index contributed by atoms with van der Waals surface area (Å²) >= 11 is 0. The minimum atomic E-state index is -0.906.